The summed E-state index contributed by atoms with van der Waals surface area (Å²) in [4.78, 5) is 73.2. The van der Waals surface area contributed by atoms with Gasteiger partial charge in [0.15, 0.2) is 11.2 Å². The molecule has 0 radical (unpaired) electrons. The highest BCUT2D eigenvalue weighted by Crippen LogP contribution is 2.46. The number of nitrogens with zero attached hydrogens (tertiary/aromatic N) is 2. The number of carbonyl (C=O) groups excluding carboxylic acids is 5. The number of nitrogens with one attached hydrogen (secondary N) is 3. The Labute approximate surface area is 362 Å². The van der Waals surface area contributed by atoms with Crippen LogP contribution in [0.2, 0.25) is 10.0 Å². The van der Waals surface area contributed by atoms with Gasteiger partial charge in [0.25, 0.3) is 5.91 Å². The number of alkyl carbamates (subject to hydrolysis) is 1. The zero-order valence-corrected chi connectivity index (χ0v) is 36.3. The maximum Gasteiger partial charge on any atom is 0.407 e. The summed E-state index contributed by atoms with van der Waals surface area (Å²) in [6.45, 7) is 5.66. The number of rotatable bonds is 15. The molecule has 3 heterocycles. The number of carbonyl (C=O) groups is 5. The highest BCUT2D eigenvalue weighted by atomic mass is 35.5. The Morgan fingerprint density at radius 3 is 2.29 bits per heavy atom. The second kappa shape index (κ2) is 19.7. The molecule has 3 N–H and O–H groups in total. The molecule has 4 aromatic rings. The highest BCUT2D eigenvalue weighted by molar-refractivity contribution is 8.00. The van der Waals surface area contributed by atoms with Crippen molar-refractivity contribution in [3.63, 3.8) is 0 Å². The number of benzene rings is 3. The third-order valence-electron chi connectivity index (χ3n) is 8.37. The van der Waals surface area contributed by atoms with E-state index in [-0.39, 0.29) is 29.0 Å². The first-order valence-electron chi connectivity index (χ1n) is 17.9. The van der Waals surface area contributed by atoms with E-state index in [1.807, 2.05) is 60.7 Å². The van der Waals surface area contributed by atoms with E-state index < -0.39 is 41.1 Å². The minimum atomic E-state index is -0.872. The zero-order valence-electron chi connectivity index (χ0n) is 31.5. The van der Waals surface area contributed by atoms with Crippen molar-refractivity contribution >= 4 is 110 Å². The van der Waals surface area contributed by atoms with E-state index in [0.717, 1.165) is 16.0 Å². The van der Waals surface area contributed by atoms with Crippen LogP contribution in [0.15, 0.2) is 95.7 Å². The Morgan fingerprint density at radius 2 is 1.64 bits per heavy atom. The predicted molar refractivity (Wildman–Crippen MR) is 232 cm³/mol. The van der Waals surface area contributed by atoms with Crippen LogP contribution in [0.25, 0.3) is 5.57 Å². The largest absolute Gasteiger partial charge is 0.448 e. The number of thiazole rings is 1. The predicted octanol–water partition coefficient (Wildman–Crippen LogP) is 7.88. The van der Waals surface area contributed by atoms with Gasteiger partial charge in [-0.25, -0.2) is 14.6 Å². The number of thioether (sulfide) groups is 3. The molecule has 4 amide bonds. The van der Waals surface area contributed by atoms with Crippen LogP contribution >= 0.6 is 69.8 Å². The van der Waals surface area contributed by atoms with Crippen molar-refractivity contribution in [1.29, 1.82) is 0 Å². The number of hydrogen-bond donors (Lipinski definition) is 3. The molecular weight excluding hydrogens is 862 g/mol. The summed E-state index contributed by atoms with van der Waals surface area (Å²) in [5.41, 5.74) is 1.44. The number of halogens is 2. The van der Waals surface area contributed by atoms with Gasteiger partial charge in [-0.05, 0) is 50.1 Å². The van der Waals surface area contributed by atoms with Crippen molar-refractivity contribution in [3.8, 4) is 0 Å². The maximum absolute atomic E-state index is 14.5. The fourth-order valence-corrected chi connectivity index (χ4v) is 9.90. The lowest BCUT2D eigenvalue weighted by molar-refractivity contribution is -0.154. The smallest absolute Gasteiger partial charge is 0.407 e. The first-order valence-corrected chi connectivity index (χ1v) is 22.7. The van der Waals surface area contributed by atoms with E-state index in [1.165, 1.54) is 51.5 Å². The van der Waals surface area contributed by atoms with Crippen molar-refractivity contribution in [1.82, 2.24) is 20.5 Å². The SMILES string of the molecule is CC(C)(C)OC(=O)NCCSCC(=O)Nc1ncc(C2=C(C(=O)OC(c3ccccc3)c3ccccc3)N3C(=O)C(NC(=O)CSc4ccc(Cl)c(Cl)c4)C3SC2)s1. The van der Waals surface area contributed by atoms with Crippen LogP contribution in [0.3, 0.4) is 0 Å². The molecular formula is C40H39Cl2N5O7S4. The summed E-state index contributed by atoms with van der Waals surface area (Å²) in [5.74, 6) is -0.906. The van der Waals surface area contributed by atoms with E-state index >= 15 is 0 Å². The molecule has 2 aliphatic rings. The molecule has 304 valence electrons. The number of ether oxygens (including phenoxy) is 2. The molecule has 2 unspecified atom stereocenters. The molecule has 1 fully saturated rings. The van der Waals surface area contributed by atoms with Crippen molar-refractivity contribution in [2.75, 3.05) is 34.9 Å². The van der Waals surface area contributed by atoms with Crippen molar-refractivity contribution in [2.45, 2.75) is 48.8 Å². The first-order chi connectivity index (χ1) is 27.8. The van der Waals surface area contributed by atoms with Crippen molar-refractivity contribution < 1.29 is 33.4 Å². The van der Waals surface area contributed by atoms with Gasteiger partial charge in [0.1, 0.15) is 22.7 Å². The molecule has 3 aromatic carbocycles. The van der Waals surface area contributed by atoms with E-state index in [9.17, 15) is 24.0 Å². The lowest BCUT2D eigenvalue weighted by Crippen LogP contribution is -2.70. The maximum atomic E-state index is 14.5. The molecule has 6 rings (SSSR count). The average Bonchev–Trinajstić information content (AvgIpc) is 3.66. The summed E-state index contributed by atoms with van der Waals surface area (Å²) >= 11 is 17.3. The second-order valence-corrected chi connectivity index (χ2v) is 18.9. The molecule has 18 heteroatoms. The Hall–Kier alpha value is -4.19. The number of anilines is 1. The Kier molecular flexibility index (Phi) is 14.7. The topological polar surface area (TPSA) is 156 Å². The van der Waals surface area contributed by atoms with Gasteiger partial charge in [-0.2, -0.15) is 11.8 Å². The number of esters is 1. The molecule has 0 aliphatic carbocycles. The van der Waals surface area contributed by atoms with Crippen LogP contribution in [0.5, 0.6) is 0 Å². The van der Waals surface area contributed by atoms with E-state index in [2.05, 4.69) is 20.9 Å². The molecule has 2 atom stereocenters. The highest BCUT2D eigenvalue weighted by Gasteiger charge is 2.55. The average molecular weight is 901 g/mol. The van der Waals surface area contributed by atoms with Gasteiger partial charge < -0.3 is 25.4 Å². The minimum absolute atomic E-state index is 0.0296. The van der Waals surface area contributed by atoms with Crippen LogP contribution < -0.4 is 16.0 Å². The van der Waals surface area contributed by atoms with Crippen LogP contribution in [-0.2, 0) is 28.7 Å². The van der Waals surface area contributed by atoms with Gasteiger partial charge in [0.2, 0.25) is 11.8 Å². The van der Waals surface area contributed by atoms with E-state index in [1.54, 1.807) is 45.2 Å². The number of aromatic nitrogens is 1. The Bertz CT molecular complexity index is 2150. The van der Waals surface area contributed by atoms with Crippen molar-refractivity contribution in [2.24, 2.45) is 0 Å². The van der Waals surface area contributed by atoms with Gasteiger partial charge >= 0.3 is 12.1 Å². The molecule has 0 spiro atoms. The van der Waals surface area contributed by atoms with Crippen molar-refractivity contribution in [3.05, 3.63) is 117 Å². The number of β-lactam (4-membered cyclic amide) rings is 1. The third-order valence-corrected chi connectivity index (χ3v) is 13.3. The number of hydrogen-bond acceptors (Lipinski definition) is 12. The zero-order chi connectivity index (χ0) is 41.4. The van der Waals surface area contributed by atoms with E-state index in [4.69, 9.17) is 32.7 Å². The molecule has 58 heavy (non-hydrogen) atoms. The van der Waals surface area contributed by atoms with Gasteiger partial charge in [0, 0.05) is 34.7 Å². The number of amides is 4. The fourth-order valence-electron chi connectivity index (χ4n) is 5.81. The van der Waals surface area contributed by atoms with Gasteiger partial charge in [-0.15, -0.1) is 23.5 Å². The standard InChI is InChI=1S/C40H39Cl2N5O7S4/c1-40(2,3)54-39(52)43-16-17-55-21-30(48)46-38-44-19-29(58-38)26-20-57-36-32(45-31(49)22-56-25-14-15-27(41)28(42)18-25)35(50)47(36)33(26)37(51)53-34(23-10-6-4-7-11-23)24-12-8-5-9-13-24/h4-15,18-19,32,34,36H,16-17,20-22H2,1-3H3,(H,43,52)(H,45,49)(H,44,46,48). The van der Waals surface area contributed by atoms with Gasteiger partial charge in [-0.3, -0.25) is 19.3 Å². The summed E-state index contributed by atoms with van der Waals surface area (Å²) in [5, 5.41) is 8.82. The normalized spacial score (nSPS) is 16.3. The minimum Gasteiger partial charge on any atom is -0.448 e. The van der Waals surface area contributed by atoms with E-state index in [0.29, 0.717) is 43.7 Å². The third kappa shape index (κ3) is 11.3. The summed E-state index contributed by atoms with van der Waals surface area (Å²) < 4.78 is 11.5. The van der Waals surface area contributed by atoms with Gasteiger partial charge in [0.05, 0.1) is 26.4 Å². The molecule has 1 saturated heterocycles. The van der Waals surface area contributed by atoms with Crippen LogP contribution in [0.1, 0.15) is 42.9 Å². The monoisotopic (exact) mass is 899 g/mol. The Balaban J connectivity index is 1.17. The van der Waals surface area contributed by atoms with Crippen LogP contribution in [0.4, 0.5) is 9.93 Å². The quantitative estimate of drug-likeness (QED) is 0.0462. The number of fused-ring (bicyclic) bond motifs is 1. The molecule has 12 nitrogen and oxygen atoms in total. The lowest BCUT2D eigenvalue weighted by Gasteiger charge is -2.49. The van der Waals surface area contributed by atoms with Gasteiger partial charge in [-0.1, -0.05) is 95.2 Å². The molecule has 0 saturated carbocycles. The molecule has 1 aromatic heterocycles. The molecule has 0 bridgehead atoms. The summed E-state index contributed by atoms with van der Waals surface area (Å²) in [7, 11) is 0. The van der Waals surface area contributed by atoms with Crippen LogP contribution in [0, 0.1) is 0 Å². The van der Waals surface area contributed by atoms with Crippen LogP contribution in [-0.4, -0.2) is 86.2 Å². The fraction of sp³-hybridized carbons (Fsp3) is 0.300. The summed E-state index contributed by atoms with van der Waals surface area (Å²) in [6, 6.07) is 22.8. The Morgan fingerprint density at radius 1 is 0.948 bits per heavy atom. The first kappa shape index (κ1) is 43.4. The summed E-state index contributed by atoms with van der Waals surface area (Å²) in [6.07, 6.45) is 0.246. The lowest BCUT2D eigenvalue weighted by atomic mass is 10.0. The second-order valence-electron chi connectivity index (χ2n) is 13.8. The molecule has 2 aliphatic heterocycles.